The molecule has 2 amide bonds. The number of amides is 2. The normalized spacial score (nSPS) is 16.3. The van der Waals surface area contributed by atoms with Crippen molar-refractivity contribution in [3.8, 4) is 5.88 Å². The Morgan fingerprint density at radius 2 is 1.81 bits per heavy atom. The van der Waals surface area contributed by atoms with Gasteiger partial charge in [-0.05, 0) is 47.6 Å². The summed E-state index contributed by atoms with van der Waals surface area (Å²) >= 11 is 0. The first-order valence-corrected chi connectivity index (χ1v) is 8.79. The van der Waals surface area contributed by atoms with E-state index < -0.39 is 23.4 Å². The second kappa shape index (κ2) is 7.89. The first-order chi connectivity index (χ1) is 12.4. The highest BCUT2D eigenvalue weighted by molar-refractivity contribution is 5.85. The third kappa shape index (κ3) is 7.20. The smallest absolute Gasteiger partial charge is 0.412 e. The number of anilines is 2. The van der Waals surface area contributed by atoms with E-state index in [4.69, 9.17) is 14.2 Å². The Balaban J connectivity index is 1.88. The van der Waals surface area contributed by atoms with Gasteiger partial charge < -0.3 is 24.8 Å². The van der Waals surface area contributed by atoms with Crippen LogP contribution in [0.5, 0.6) is 5.88 Å². The number of alkyl carbamates (subject to hydrolysis) is 1. The average molecular weight is 380 g/mol. The zero-order valence-corrected chi connectivity index (χ0v) is 16.6. The lowest BCUT2D eigenvalue weighted by atomic mass is 10.2. The summed E-state index contributed by atoms with van der Waals surface area (Å²) in [7, 11) is 0. The van der Waals surface area contributed by atoms with Crippen molar-refractivity contribution in [2.75, 3.05) is 23.7 Å². The summed E-state index contributed by atoms with van der Waals surface area (Å²) in [6.07, 6.45) is 0.137. The van der Waals surface area contributed by atoms with Gasteiger partial charge in [0.1, 0.15) is 17.3 Å². The summed E-state index contributed by atoms with van der Waals surface area (Å²) in [5, 5.41) is 8.48. The van der Waals surface area contributed by atoms with Gasteiger partial charge in [-0.1, -0.05) is 0 Å². The Morgan fingerprint density at radius 3 is 2.44 bits per heavy atom. The molecule has 1 unspecified atom stereocenters. The summed E-state index contributed by atoms with van der Waals surface area (Å²) in [4.78, 5) is 27.8. The molecule has 0 aliphatic carbocycles. The first-order valence-electron chi connectivity index (χ1n) is 8.79. The minimum absolute atomic E-state index is 0.279. The molecule has 1 aliphatic rings. The van der Waals surface area contributed by atoms with E-state index in [2.05, 4.69) is 20.9 Å². The van der Waals surface area contributed by atoms with E-state index in [1.165, 1.54) is 6.20 Å². The SMILES string of the molecule is CC(C)(C)OC(=O)NCC1CNc2cc(NC(=O)OC(C)(C)C)cnc2O1. The molecule has 150 valence electrons. The highest BCUT2D eigenvalue weighted by Gasteiger charge is 2.23. The van der Waals surface area contributed by atoms with E-state index in [0.29, 0.717) is 23.8 Å². The van der Waals surface area contributed by atoms with Crippen LogP contribution in [0.25, 0.3) is 0 Å². The zero-order valence-electron chi connectivity index (χ0n) is 16.6. The fraction of sp³-hybridized carbons (Fsp3) is 0.611. The predicted molar refractivity (Wildman–Crippen MR) is 101 cm³/mol. The number of nitrogens with zero attached hydrogens (tertiary/aromatic N) is 1. The van der Waals surface area contributed by atoms with E-state index in [1.54, 1.807) is 47.6 Å². The number of hydrogen-bond donors (Lipinski definition) is 3. The van der Waals surface area contributed by atoms with E-state index >= 15 is 0 Å². The number of pyridine rings is 1. The Bertz CT molecular complexity index is 694. The molecule has 1 aromatic heterocycles. The van der Waals surface area contributed by atoms with Gasteiger partial charge in [-0.25, -0.2) is 14.6 Å². The highest BCUT2D eigenvalue weighted by Crippen LogP contribution is 2.29. The molecule has 0 saturated carbocycles. The minimum atomic E-state index is -0.582. The molecule has 27 heavy (non-hydrogen) atoms. The van der Waals surface area contributed by atoms with Gasteiger partial charge in [-0.2, -0.15) is 0 Å². The largest absolute Gasteiger partial charge is 0.469 e. The molecular weight excluding hydrogens is 352 g/mol. The molecule has 0 bridgehead atoms. The van der Waals surface area contributed by atoms with E-state index in [1.807, 2.05) is 0 Å². The van der Waals surface area contributed by atoms with Crippen LogP contribution < -0.4 is 20.7 Å². The minimum Gasteiger partial charge on any atom is -0.469 e. The van der Waals surface area contributed by atoms with Crippen LogP contribution in [0.15, 0.2) is 12.3 Å². The molecule has 2 rings (SSSR count). The second-order valence-corrected chi connectivity index (χ2v) is 8.21. The monoisotopic (exact) mass is 380 g/mol. The van der Waals surface area contributed by atoms with E-state index in [9.17, 15) is 9.59 Å². The Labute approximate surface area is 159 Å². The van der Waals surface area contributed by atoms with Crippen LogP contribution in [0.1, 0.15) is 41.5 Å². The predicted octanol–water partition coefficient (Wildman–Crippen LogP) is 3.13. The molecule has 1 aromatic rings. The second-order valence-electron chi connectivity index (χ2n) is 8.21. The Hall–Kier alpha value is -2.71. The number of rotatable bonds is 3. The van der Waals surface area contributed by atoms with Crippen LogP contribution in [0.4, 0.5) is 21.0 Å². The maximum atomic E-state index is 11.8. The number of nitrogens with one attached hydrogen (secondary N) is 3. The van der Waals surface area contributed by atoms with Crippen molar-refractivity contribution in [3.63, 3.8) is 0 Å². The molecule has 1 aliphatic heterocycles. The van der Waals surface area contributed by atoms with Gasteiger partial charge in [0.2, 0.25) is 5.88 Å². The van der Waals surface area contributed by atoms with Crippen LogP contribution >= 0.6 is 0 Å². The molecule has 0 aromatic carbocycles. The summed E-state index contributed by atoms with van der Waals surface area (Å²) in [5.41, 5.74) is 0.00426. The molecule has 0 spiro atoms. The van der Waals surface area contributed by atoms with Crippen molar-refractivity contribution >= 4 is 23.6 Å². The Morgan fingerprint density at radius 1 is 1.19 bits per heavy atom. The molecule has 0 radical (unpaired) electrons. The molecule has 3 N–H and O–H groups in total. The number of carbonyl (C=O) groups is 2. The maximum Gasteiger partial charge on any atom is 0.412 e. The highest BCUT2D eigenvalue weighted by atomic mass is 16.6. The summed E-state index contributed by atoms with van der Waals surface area (Å²) < 4.78 is 16.2. The molecule has 0 fully saturated rings. The number of ether oxygens (including phenoxy) is 3. The van der Waals surface area contributed by atoms with Crippen molar-refractivity contribution in [1.82, 2.24) is 10.3 Å². The van der Waals surface area contributed by atoms with E-state index in [0.717, 1.165) is 0 Å². The van der Waals surface area contributed by atoms with Crippen LogP contribution in [0.2, 0.25) is 0 Å². The van der Waals surface area contributed by atoms with Crippen molar-refractivity contribution in [2.45, 2.75) is 58.8 Å². The van der Waals surface area contributed by atoms with E-state index in [-0.39, 0.29) is 12.6 Å². The standard InChI is InChI=1S/C18H28N4O5/c1-17(2,3)26-15(23)21-10-12-9-19-13-7-11(8-20-14(13)25-12)22-16(24)27-18(4,5)6/h7-8,12,19H,9-10H2,1-6H3,(H,21,23)(H,22,24). The van der Waals surface area contributed by atoms with Gasteiger partial charge in [-0.15, -0.1) is 0 Å². The molecular formula is C18H28N4O5. The van der Waals surface area contributed by atoms with Crippen LogP contribution in [-0.2, 0) is 9.47 Å². The summed E-state index contributed by atoms with van der Waals surface area (Å²) in [5.74, 6) is 0.395. The fourth-order valence-electron chi connectivity index (χ4n) is 2.21. The lowest BCUT2D eigenvalue weighted by Gasteiger charge is -2.27. The van der Waals surface area contributed by atoms with Gasteiger partial charge in [0.25, 0.3) is 0 Å². The number of fused-ring (bicyclic) bond motifs is 1. The third-order valence-corrected chi connectivity index (χ3v) is 3.17. The van der Waals surface area contributed by atoms with Crippen LogP contribution in [0, 0.1) is 0 Å². The maximum absolute atomic E-state index is 11.8. The number of hydrogen-bond acceptors (Lipinski definition) is 7. The molecule has 0 saturated heterocycles. The fourth-order valence-corrected chi connectivity index (χ4v) is 2.21. The number of carbonyl (C=O) groups excluding carboxylic acids is 2. The average Bonchev–Trinajstić information content (AvgIpc) is 2.49. The zero-order chi connectivity index (χ0) is 20.2. The topological polar surface area (TPSA) is 111 Å². The molecule has 1 atom stereocenters. The van der Waals surface area contributed by atoms with Crippen LogP contribution in [-0.4, -0.2) is 47.6 Å². The van der Waals surface area contributed by atoms with Gasteiger partial charge >= 0.3 is 12.2 Å². The lowest BCUT2D eigenvalue weighted by Crippen LogP contribution is -2.43. The molecule has 2 heterocycles. The van der Waals surface area contributed by atoms with Gasteiger partial charge in [-0.3, -0.25) is 5.32 Å². The van der Waals surface area contributed by atoms with Crippen molar-refractivity contribution < 1.29 is 23.8 Å². The first kappa shape index (κ1) is 20.6. The van der Waals surface area contributed by atoms with Gasteiger partial charge in [0.05, 0.1) is 30.7 Å². The van der Waals surface area contributed by atoms with Gasteiger partial charge in [0.15, 0.2) is 0 Å². The lowest BCUT2D eigenvalue weighted by molar-refractivity contribution is 0.0500. The van der Waals surface area contributed by atoms with Crippen molar-refractivity contribution in [2.24, 2.45) is 0 Å². The Kier molecular flexibility index (Phi) is 6.02. The summed E-state index contributed by atoms with van der Waals surface area (Å²) in [6, 6.07) is 1.71. The number of aromatic nitrogens is 1. The van der Waals surface area contributed by atoms with Gasteiger partial charge in [0, 0.05) is 0 Å². The molecule has 9 nitrogen and oxygen atoms in total. The quantitative estimate of drug-likeness (QED) is 0.739. The van der Waals surface area contributed by atoms with Crippen LogP contribution in [0.3, 0.4) is 0 Å². The summed E-state index contributed by atoms with van der Waals surface area (Å²) in [6.45, 7) is 11.5. The third-order valence-electron chi connectivity index (χ3n) is 3.17. The van der Waals surface area contributed by atoms with Crippen molar-refractivity contribution in [1.29, 1.82) is 0 Å². The molecule has 9 heteroatoms. The van der Waals surface area contributed by atoms with Crippen molar-refractivity contribution in [3.05, 3.63) is 12.3 Å².